The lowest BCUT2D eigenvalue weighted by atomic mass is 9.87. The molecule has 0 amide bonds. The van der Waals surface area contributed by atoms with Gasteiger partial charge in [0.15, 0.2) is 0 Å². The van der Waals surface area contributed by atoms with Crippen LogP contribution >= 0.6 is 17.0 Å². The second-order valence-corrected chi connectivity index (χ2v) is 5.18. The van der Waals surface area contributed by atoms with Crippen molar-refractivity contribution in [3.8, 4) is 0 Å². The van der Waals surface area contributed by atoms with Gasteiger partial charge in [-0.2, -0.15) is 0 Å². The average Bonchev–Trinajstić information content (AvgIpc) is 2.02. The molecule has 86 valence electrons. The van der Waals surface area contributed by atoms with Gasteiger partial charge in [0.2, 0.25) is 0 Å². The molecule has 0 saturated carbocycles. The van der Waals surface area contributed by atoms with Crippen LogP contribution in [0.3, 0.4) is 0 Å². The Kier molecular flexibility index (Phi) is 5.54. The van der Waals surface area contributed by atoms with Crippen LogP contribution in [0, 0.1) is 0 Å². The Morgan fingerprint density at radius 1 is 1.00 bits per heavy atom. The zero-order valence-electron chi connectivity index (χ0n) is 10.4. The molecule has 0 aliphatic heterocycles. The third-order valence-electron chi connectivity index (χ3n) is 2.32. The number of halogens is 1. The van der Waals surface area contributed by atoms with E-state index in [1.165, 1.54) is 11.1 Å². The van der Waals surface area contributed by atoms with E-state index in [4.69, 9.17) is 0 Å². The molecule has 0 heterocycles. The summed E-state index contributed by atoms with van der Waals surface area (Å²) in [5.41, 5.74) is 3.04. The Morgan fingerprint density at radius 3 is 1.80 bits per heavy atom. The molecule has 0 bridgehead atoms. The molecule has 0 N–H and O–H groups in total. The number of hydrogen-bond acceptors (Lipinski definition) is 1. The first kappa shape index (κ1) is 14.7. The summed E-state index contributed by atoms with van der Waals surface area (Å²) >= 11 is 0. The van der Waals surface area contributed by atoms with Crippen LogP contribution in [-0.4, -0.2) is 19.0 Å². The van der Waals surface area contributed by atoms with Crippen molar-refractivity contribution in [2.45, 2.75) is 32.7 Å². The Morgan fingerprint density at radius 2 is 1.47 bits per heavy atom. The lowest BCUT2D eigenvalue weighted by Crippen LogP contribution is -2.13. The van der Waals surface area contributed by atoms with Gasteiger partial charge in [-0.3, -0.25) is 0 Å². The minimum Gasteiger partial charge on any atom is -0.305 e. The van der Waals surface area contributed by atoms with Crippen molar-refractivity contribution in [1.29, 1.82) is 0 Å². The Bertz CT molecular complexity index is 282. The van der Waals surface area contributed by atoms with E-state index in [0.29, 0.717) is 0 Å². The summed E-state index contributed by atoms with van der Waals surface area (Å²) in [6, 6.07) is 8.92. The molecule has 2 heteroatoms. The van der Waals surface area contributed by atoms with E-state index in [1.807, 2.05) is 0 Å². The van der Waals surface area contributed by atoms with Crippen molar-refractivity contribution < 1.29 is 0 Å². The van der Waals surface area contributed by atoms with E-state index in [2.05, 4.69) is 64.0 Å². The first-order valence-electron chi connectivity index (χ1n) is 5.14. The predicted molar refractivity (Wildman–Crippen MR) is 72.9 cm³/mol. The highest BCUT2D eigenvalue weighted by Crippen LogP contribution is 2.22. The molecule has 0 radical (unpaired) electrons. The molecule has 1 aromatic carbocycles. The molecular weight excluding hydrogens is 250 g/mol. The van der Waals surface area contributed by atoms with Gasteiger partial charge in [-0.1, -0.05) is 45.0 Å². The van der Waals surface area contributed by atoms with Gasteiger partial charge in [0.25, 0.3) is 0 Å². The summed E-state index contributed by atoms with van der Waals surface area (Å²) in [7, 11) is 4.19. The monoisotopic (exact) mass is 271 g/mol. The van der Waals surface area contributed by atoms with Crippen LogP contribution in [0.1, 0.15) is 31.9 Å². The van der Waals surface area contributed by atoms with Gasteiger partial charge in [-0.25, -0.2) is 0 Å². The number of nitrogens with zero attached hydrogens (tertiary/aromatic N) is 1. The Balaban J connectivity index is 0.00000196. The highest BCUT2D eigenvalue weighted by Gasteiger charge is 2.12. The fourth-order valence-corrected chi connectivity index (χ4v) is 1.48. The summed E-state index contributed by atoms with van der Waals surface area (Å²) in [5, 5.41) is 0. The van der Waals surface area contributed by atoms with Crippen molar-refractivity contribution in [2.24, 2.45) is 0 Å². The highest BCUT2D eigenvalue weighted by atomic mass is 79.9. The smallest absolute Gasteiger partial charge is 0.0227 e. The molecule has 0 aromatic heterocycles. The van der Waals surface area contributed by atoms with E-state index < -0.39 is 0 Å². The molecular formula is C13H22BrN. The summed E-state index contributed by atoms with van der Waals surface area (Å²) < 4.78 is 0. The normalized spacial score (nSPS) is 11.3. The van der Waals surface area contributed by atoms with E-state index in [9.17, 15) is 0 Å². The van der Waals surface area contributed by atoms with Crippen molar-refractivity contribution in [2.75, 3.05) is 14.1 Å². The van der Waals surface area contributed by atoms with Crippen LogP contribution in [0.2, 0.25) is 0 Å². The standard InChI is InChI=1S/C13H21N.BrH/c1-13(2,3)12-8-6-11(7-9-12)10-14(4)5;/h6-9H,10H2,1-5H3;1H. The minimum absolute atomic E-state index is 0. The second-order valence-electron chi connectivity index (χ2n) is 5.18. The summed E-state index contributed by atoms with van der Waals surface area (Å²) in [6.07, 6.45) is 0. The number of rotatable bonds is 2. The van der Waals surface area contributed by atoms with Crippen LogP contribution in [0.15, 0.2) is 24.3 Å². The Hall–Kier alpha value is -0.340. The molecule has 1 rings (SSSR count). The molecule has 0 atom stereocenters. The summed E-state index contributed by atoms with van der Waals surface area (Å²) in [5.74, 6) is 0. The maximum atomic E-state index is 2.24. The largest absolute Gasteiger partial charge is 0.305 e. The number of hydrogen-bond donors (Lipinski definition) is 0. The molecule has 15 heavy (non-hydrogen) atoms. The van der Waals surface area contributed by atoms with Crippen LogP contribution in [0.4, 0.5) is 0 Å². The van der Waals surface area contributed by atoms with Crippen LogP contribution in [0.25, 0.3) is 0 Å². The first-order valence-corrected chi connectivity index (χ1v) is 5.14. The van der Waals surface area contributed by atoms with E-state index in [1.54, 1.807) is 0 Å². The quantitative estimate of drug-likeness (QED) is 0.794. The van der Waals surface area contributed by atoms with Crippen molar-refractivity contribution in [1.82, 2.24) is 4.90 Å². The van der Waals surface area contributed by atoms with E-state index in [-0.39, 0.29) is 22.4 Å². The first-order chi connectivity index (χ1) is 6.39. The molecule has 0 saturated heterocycles. The van der Waals surface area contributed by atoms with E-state index >= 15 is 0 Å². The van der Waals surface area contributed by atoms with Gasteiger partial charge in [0, 0.05) is 6.54 Å². The summed E-state index contributed by atoms with van der Waals surface area (Å²) in [4.78, 5) is 2.19. The van der Waals surface area contributed by atoms with Crippen LogP contribution < -0.4 is 0 Å². The molecule has 0 aliphatic carbocycles. The average molecular weight is 272 g/mol. The van der Waals surface area contributed by atoms with Gasteiger partial charge in [-0.15, -0.1) is 17.0 Å². The maximum absolute atomic E-state index is 2.24. The molecule has 1 nitrogen and oxygen atoms in total. The van der Waals surface area contributed by atoms with Crippen molar-refractivity contribution in [3.05, 3.63) is 35.4 Å². The molecule has 0 unspecified atom stereocenters. The van der Waals surface area contributed by atoms with Crippen LogP contribution in [-0.2, 0) is 12.0 Å². The van der Waals surface area contributed by atoms with Crippen molar-refractivity contribution in [3.63, 3.8) is 0 Å². The third-order valence-corrected chi connectivity index (χ3v) is 2.32. The molecule has 1 aromatic rings. The van der Waals surface area contributed by atoms with Gasteiger partial charge in [-0.05, 0) is 30.6 Å². The van der Waals surface area contributed by atoms with Crippen LogP contribution in [0.5, 0.6) is 0 Å². The fourth-order valence-electron chi connectivity index (χ4n) is 1.48. The lowest BCUT2D eigenvalue weighted by Gasteiger charge is -2.19. The fraction of sp³-hybridized carbons (Fsp3) is 0.538. The maximum Gasteiger partial charge on any atom is 0.0227 e. The van der Waals surface area contributed by atoms with Gasteiger partial charge >= 0.3 is 0 Å². The van der Waals surface area contributed by atoms with Gasteiger partial charge in [0.1, 0.15) is 0 Å². The zero-order chi connectivity index (χ0) is 10.8. The molecule has 0 fully saturated rings. The SMILES string of the molecule is Br.CN(C)Cc1ccc(C(C)(C)C)cc1. The molecule has 0 aliphatic rings. The van der Waals surface area contributed by atoms with Gasteiger partial charge in [0.05, 0.1) is 0 Å². The second kappa shape index (κ2) is 5.66. The lowest BCUT2D eigenvalue weighted by molar-refractivity contribution is 0.402. The summed E-state index contributed by atoms with van der Waals surface area (Å²) in [6.45, 7) is 7.75. The molecule has 0 spiro atoms. The third kappa shape index (κ3) is 4.80. The predicted octanol–water partition coefficient (Wildman–Crippen LogP) is 3.62. The Labute approximate surface area is 104 Å². The highest BCUT2D eigenvalue weighted by molar-refractivity contribution is 8.93. The van der Waals surface area contributed by atoms with Gasteiger partial charge < -0.3 is 4.90 Å². The van der Waals surface area contributed by atoms with E-state index in [0.717, 1.165) is 6.54 Å². The number of benzene rings is 1. The topological polar surface area (TPSA) is 3.24 Å². The minimum atomic E-state index is 0. The zero-order valence-corrected chi connectivity index (χ0v) is 12.1. The van der Waals surface area contributed by atoms with Crippen molar-refractivity contribution >= 4 is 17.0 Å².